The first-order valence-electron chi connectivity index (χ1n) is 8.57. The molecule has 1 N–H and O–H groups in total. The molecule has 0 saturated carbocycles. The molecule has 28 heavy (non-hydrogen) atoms. The Labute approximate surface area is 166 Å². The monoisotopic (exact) mass is 397 g/mol. The molecule has 0 fully saturated rings. The third-order valence-electron chi connectivity index (χ3n) is 3.95. The maximum Gasteiger partial charge on any atom is 0.266 e. The molecular weight excluding hydrogens is 381 g/mol. The summed E-state index contributed by atoms with van der Waals surface area (Å²) in [6, 6.07) is 16.0. The molecular formula is C21H17ClFN3O2. The first kappa shape index (κ1) is 19.5. The van der Waals surface area contributed by atoms with Crippen LogP contribution in [0.15, 0.2) is 71.5 Å². The van der Waals surface area contributed by atoms with Crippen molar-refractivity contribution in [3.8, 4) is 11.3 Å². The van der Waals surface area contributed by atoms with Crippen LogP contribution in [0.5, 0.6) is 0 Å². The smallest absolute Gasteiger partial charge is 0.266 e. The molecule has 0 atom stereocenters. The highest BCUT2D eigenvalue weighted by Crippen LogP contribution is 2.16. The van der Waals surface area contributed by atoms with Crippen LogP contribution < -0.4 is 10.9 Å². The Hall–Kier alpha value is -3.25. The topological polar surface area (TPSA) is 64.0 Å². The van der Waals surface area contributed by atoms with Crippen LogP contribution in [0.25, 0.3) is 17.3 Å². The highest BCUT2D eigenvalue weighted by atomic mass is 35.5. The van der Waals surface area contributed by atoms with Gasteiger partial charge in [0, 0.05) is 29.3 Å². The second-order valence-corrected chi connectivity index (χ2v) is 6.34. The van der Waals surface area contributed by atoms with E-state index in [1.807, 2.05) is 12.1 Å². The number of hydrogen-bond donors (Lipinski definition) is 1. The quantitative estimate of drug-likeness (QED) is 0.647. The number of nitrogens with zero attached hydrogens (tertiary/aromatic N) is 2. The van der Waals surface area contributed by atoms with Crippen molar-refractivity contribution in [2.24, 2.45) is 0 Å². The number of amides is 1. The van der Waals surface area contributed by atoms with E-state index in [1.165, 1.54) is 29.0 Å². The van der Waals surface area contributed by atoms with Crippen molar-refractivity contribution in [1.29, 1.82) is 0 Å². The molecule has 0 aliphatic carbocycles. The van der Waals surface area contributed by atoms with Crippen LogP contribution in [0.4, 0.5) is 4.39 Å². The number of carbonyl (C=O) groups excluding carboxylic acids is 1. The minimum absolute atomic E-state index is 0.208. The van der Waals surface area contributed by atoms with Crippen LogP contribution in [0.2, 0.25) is 5.02 Å². The lowest BCUT2D eigenvalue weighted by Gasteiger charge is -2.08. The maximum absolute atomic E-state index is 13.1. The van der Waals surface area contributed by atoms with Gasteiger partial charge in [-0.3, -0.25) is 9.59 Å². The van der Waals surface area contributed by atoms with Crippen molar-refractivity contribution in [2.75, 3.05) is 6.54 Å². The van der Waals surface area contributed by atoms with Gasteiger partial charge in [0.2, 0.25) is 5.91 Å². The van der Waals surface area contributed by atoms with E-state index >= 15 is 0 Å². The van der Waals surface area contributed by atoms with Gasteiger partial charge in [-0.05, 0) is 48.0 Å². The van der Waals surface area contributed by atoms with Gasteiger partial charge in [0.15, 0.2) is 0 Å². The van der Waals surface area contributed by atoms with Crippen LogP contribution in [-0.4, -0.2) is 22.2 Å². The van der Waals surface area contributed by atoms with Gasteiger partial charge < -0.3 is 5.32 Å². The largest absolute Gasteiger partial charge is 0.351 e. The van der Waals surface area contributed by atoms with Gasteiger partial charge in [-0.15, -0.1) is 0 Å². The van der Waals surface area contributed by atoms with Crippen molar-refractivity contribution in [1.82, 2.24) is 15.1 Å². The zero-order valence-corrected chi connectivity index (χ0v) is 15.6. The molecule has 0 bridgehead atoms. The number of halogens is 2. The Morgan fingerprint density at radius 1 is 1.11 bits per heavy atom. The first-order valence-corrected chi connectivity index (χ1v) is 8.95. The van der Waals surface area contributed by atoms with Crippen LogP contribution in [0.1, 0.15) is 5.56 Å². The number of aromatic nitrogens is 2. The van der Waals surface area contributed by atoms with E-state index < -0.39 is 0 Å². The number of benzene rings is 2. The van der Waals surface area contributed by atoms with Gasteiger partial charge in [0.25, 0.3) is 5.56 Å². The first-order chi connectivity index (χ1) is 13.5. The number of rotatable bonds is 6. The summed E-state index contributed by atoms with van der Waals surface area (Å²) < 4.78 is 14.3. The zero-order valence-electron chi connectivity index (χ0n) is 14.8. The average molecular weight is 398 g/mol. The second kappa shape index (κ2) is 9.10. The fourth-order valence-corrected chi connectivity index (χ4v) is 2.70. The second-order valence-electron chi connectivity index (χ2n) is 5.93. The van der Waals surface area contributed by atoms with E-state index in [0.29, 0.717) is 16.3 Å². The molecule has 5 nitrogen and oxygen atoms in total. The van der Waals surface area contributed by atoms with Gasteiger partial charge in [-0.2, -0.15) is 5.10 Å². The Bertz CT molecular complexity index is 1060. The summed E-state index contributed by atoms with van der Waals surface area (Å²) in [6.45, 7) is 0.436. The van der Waals surface area contributed by atoms with Gasteiger partial charge >= 0.3 is 0 Å². The molecule has 3 rings (SSSR count). The van der Waals surface area contributed by atoms with Crippen molar-refractivity contribution < 1.29 is 9.18 Å². The number of nitrogens with one attached hydrogen (secondary N) is 1. The van der Waals surface area contributed by atoms with Gasteiger partial charge in [0.1, 0.15) is 5.82 Å². The summed E-state index contributed by atoms with van der Waals surface area (Å²) >= 11 is 6.03. The van der Waals surface area contributed by atoms with Crippen LogP contribution >= 0.6 is 11.6 Å². The summed E-state index contributed by atoms with van der Waals surface area (Å²) in [5.41, 5.74) is 1.70. The number of carbonyl (C=O) groups is 1. The third-order valence-corrected chi connectivity index (χ3v) is 4.29. The lowest BCUT2D eigenvalue weighted by molar-refractivity contribution is -0.116. The Morgan fingerprint density at radius 3 is 2.61 bits per heavy atom. The molecule has 1 heterocycles. The molecule has 0 saturated heterocycles. The van der Waals surface area contributed by atoms with Crippen molar-refractivity contribution in [3.63, 3.8) is 0 Å². The van der Waals surface area contributed by atoms with Gasteiger partial charge in [-0.25, -0.2) is 9.07 Å². The standard InChI is InChI=1S/C21H17ClFN3O2/c22-18-4-2-1-3-15(18)7-11-20(27)24-13-14-26-21(28)12-10-19(25-26)16-5-8-17(23)9-6-16/h1-12H,13-14H2,(H,24,27). The minimum atomic E-state index is -0.343. The fourth-order valence-electron chi connectivity index (χ4n) is 2.50. The molecule has 0 aliphatic rings. The van der Waals surface area contributed by atoms with Crippen molar-refractivity contribution in [3.05, 3.63) is 93.5 Å². The molecule has 3 aromatic rings. The highest BCUT2D eigenvalue weighted by molar-refractivity contribution is 6.32. The summed E-state index contributed by atoms with van der Waals surface area (Å²) in [5, 5.41) is 7.52. The van der Waals surface area contributed by atoms with E-state index in [1.54, 1.807) is 36.4 Å². The van der Waals surface area contributed by atoms with Crippen LogP contribution in [0.3, 0.4) is 0 Å². The summed E-state index contributed by atoms with van der Waals surface area (Å²) in [5.74, 6) is -0.646. The molecule has 1 aromatic heterocycles. The van der Waals surface area contributed by atoms with E-state index in [2.05, 4.69) is 10.4 Å². The Kier molecular flexibility index (Phi) is 6.34. The van der Waals surface area contributed by atoms with E-state index in [-0.39, 0.29) is 30.4 Å². The molecule has 0 unspecified atom stereocenters. The molecule has 0 radical (unpaired) electrons. The molecule has 0 spiro atoms. The van der Waals surface area contributed by atoms with Crippen LogP contribution in [-0.2, 0) is 11.3 Å². The van der Waals surface area contributed by atoms with Gasteiger partial charge in [0.05, 0.1) is 12.2 Å². The van der Waals surface area contributed by atoms with E-state index in [0.717, 1.165) is 5.56 Å². The van der Waals surface area contributed by atoms with Crippen LogP contribution in [0, 0.1) is 5.82 Å². The predicted octanol–water partition coefficient (Wildman–Crippen LogP) is 3.53. The molecule has 0 aliphatic heterocycles. The molecule has 7 heteroatoms. The zero-order chi connectivity index (χ0) is 19.9. The summed E-state index contributed by atoms with van der Waals surface area (Å²) in [6.07, 6.45) is 3.00. The molecule has 2 aromatic carbocycles. The Morgan fingerprint density at radius 2 is 1.86 bits per heavy atom. The average Bonchev–Trinajstić information content (AvgIpc) is 2.69. The molecule has 1 amide bonds. The maximum atomic E-state index is 13.1. The SMILES string of the molecule is O=C(C=Cc1ccccc1Cl)NCCn1nc(-c2ccc(F)cc2)ccc1=O. The normalized spacial score (nSPS) is 10.9. The molecule has 142 valence electrons. The van der Waals surface area contributed by atoms with E-state index in [4.69, 9.17) is 11.6 Å². The Balaban J connectivity index is 1.60. The number of hydrogen-bond acceptors (Lipinski definition) is 3. The lowest BCUT2D eigenvalue weighted by Crippen LogP contribution is -2.31. The van der Waals surface area contributed by atoms with Crippen molar-refractivity contribution in [2.45, 2.75) is 6.54 Å². The van der Waals surface area contributed by atoms with Crippen molar-refractivity contribution >= 4 is 23.6 Å². The minimum Gasteiger partial charge on any atom is -0.351 e. The third kappa shape index (κ3) is 5.14. The lowest BCUT2D eigenvalue weighted by atomic mass is 10.1. The van der Waals surface area contributed by atoms with E-state index in [9.17, 15) is 14.0 Å². The summed E-state index contributed by atoms with van der Waals surface area (Å²) in [7, 11) is 0. The highest BCUT2D eigenvalue weighted by Gasteiger charge is 2.05. The van der Waals surface area contributed by atoms with Gasteiger partial charge in [-0.1, -0.05) is 29.8 Å². The summed E-state index contributed by atoms with van der Waals surface area (Å²) in [4.78, 5) is 23.9. The predicted molar refractivity (Wildman–Crippen MR) is 107 cm³/mol. The fraction of sp³-hybridized carbons (Fsp3) is 0.0952.